The number of aromatic amines is 1. The average Bonchev–Trinajstić information content (AvgIpc) is 3.06. The van der Waals surface area contributed by atoms with Gasteiger partial charge in [0.2, 0.25) is 10.2 Å². The summed E-state index contributed by atoms with van der Waals surface area (Å²) in [4.78, 5) is 12.2. The molecule has 0 fully saturated rings. The molecule has 0 aliphatic carbocycles. The smallest absolute Gasteiger partial charge is 0.238 e. The molecule has 0 radical (unpaired) electrons. The molecule has 0 aliphatic heterocycles. The lowest BCUT2D eigenvalue weighted by molar-refractivity contribution is 0.296. The maximum atomic E-state index is 12.2. The molecule has 0 amide bonds. The van der Waals surface area contributed by atoms with Gasteiger partial charge in [0.15, 0.2) is 5.75 Å². The molecule has 1 aromatic carbocycles. The largest absolute Gasteiger partial charge is 0.497 e. The molecule has 3 aromatic rings. The Bertz CT molecular complexity index is 991. The summed E-state index contributed by atoms with van der Waals surface area (Å²) in [7, 11) is 1.62. The van der Waals surface area contributed by atoms with Gasteiger partial charge in [-0.2, -0.15) is 5.21 Å². The van der Waals surface area contributed by atoms with Gasteiger partial charge in [-0.3, -0.25) is 4.79 Å². The van der Waals surface area contributed by atoms with Crippen molar-refractivity contribution < 1.29 is 9.47 Å². The molecule has 3 rings (SSSR count). The number of nitrogens with one attached hydrogen (secondary N) is 1. The molecule has 8 nitrogen and oxygen atoms in total. The van der Waals surface area contributed by atoms with Crippen molar-refractivity contribution >= 4 is 12.2 Å². The predicted octanol–water partition coefficient (Wildman–Crippen LogP) is 2.09. The minimum atomic E-state index is -0.146. The van der Waals surface area contributed by atoms with Gasteiger partial charge in [0.1, 0.15) is 12.4 Å². The quantitative estimate of drug-likeness (QED) is 0.638. The highest BCUT2D eigenvalue weighted by molar-refractivity contribution is 7.71. The summed E-state index contributed by atoms with van der Waals surface area (Å²) in [5.74, 6) is 1.12. The number of nitrogens with zero attached hydrogens (tertiary/aromatic N) is 4. The molecule has 2 heterocycles. The van der Waals surface area contributed by atoms with Crippen molar-refractivity contribution in [1.29, 1.82) is 0 Å². The van der Waals surface area contributed by atoms with E-state index in [1.807, 2.05) is 35.8 Å². The van der Waals surface area contributed by atoms with Crippen molar-refractivity contribution in [1.82, 2.24) is 24.8 Å². The van der Waals surface area contributed by atoms with E-state index < -0.39 is 0 Å². The van der Waals surface area contributed by atoms with Crippen LogP contribution < -0.4 is 14.9 Å². The van der Waals surface area contributed by atoms with Crippen molar-refractivity contribution in [3.05, 3.63) is 62.8 Å². The Labute approximate surface area is 155 Å². The van der Waals surface area contributed by atoms with E-state index in [0.717, 1.165) is 17.0 Å². The molecule has 0 bridgehead atoms. The number of rotatable bonds is 7. The third kappa shape index (κ3) is 3.99. The van der Waals surface area contributed by atoms with Gasteiger partial charge >= 0.3 is 0 Å². The molecule has 136 valence electrons. The van der Waals surface area contributed by atoms with Gasteiger partial charge in [0, 0.05) is 18.8 Å². The van der Waals surface area contributed by atoms with E-state index in [1.165, 1.54) is 6.07 Å². The van der Waals surface area contributed by atoms with Gasteiger partial charge in [-0.1, -0.05) is 22.4 Å². The van der Waals surface area contributed by atoms with Gasteiger partial charge in [-0.05, 0) is 36.8 Å². The second kappa shape index (κ2) is 7.96. The van der Waals surface area contributed by atoms with E-state index in [9.17, 15) is 4.79 Å². The van der Waals surface area contributed by atoms with Crippen LogP contribution in [-0.4, -0.2) is 31.9 Å². The molecule has 9 heteroatoms. The number of aromatic nitrogens is 5. The summed E-state index contributed by atoms with van der Waals surface area (Å²) >= 11 is 5.06. The molecule has 0 saturated carbocycles. The molecule has 0 unspecified atom stereocenters. The summed E-state index contributed by atoms with van der Waals surface area (Å²) in [6, 6.07) is 9.03. The monoisotopic (exact) mass is 373 g/mol. The van der Waals surface area contributed by atoms with Crippen LogP contribution in [0.4, 0.5) is 0 Å². The van der Waals surface area contributed by atoms with E-state index in [4.69, 9.17) is 21.7 Å². The van der Waals surface area contributed by atoms with E-state index in [0.29, 0.717) is 30.2 Å². The zero-order valence-corrected chi connectivity index (χ0v) is 15.3. The first kappa shape index (κ1) is 17.9. The summed E-state index contributed by atoms with van der Waals surface area (Å²) in [5, 5.41) is 10.1. The van der Waals surface area contributed by atoms with Gasteiger partial charge in [0.25, 0.3) is 0 Å². The van der Waals surface area contributed by atoms with Crippen LogP contribution in [0.2, 0.25) is 0 Å². The summed E-state index contributed by atoms with van der Waals surface area (Å²) in [6.07, 6.45) is 1.74. The minimum absolute atomic E-state index is 0.146. The maximum Gasteiger partial charge on any atom is 0.238 e. The Morgan fingerprint density at radius 3 is 2.62 bits per heavy atom. The van der Waals surface area contributed by atoms with Crippen molar-refractivity contribution in [3.63, 3.8) is 0 Å². The van der Waals surface area contributed by atoms with Crippen LogP contribution in [0.5, 0.6) is 11.5 Å². The molecular formula is C17H19N5O3S. The molecule has 0 saturated heterocycles. The number of methoxy groups -OCH3 is 1. The second-order valence-corrected chi connectivity index (χ2v) is 6.02. The van der Waals surface area contributed by atoms with Gasteiger partial charge < -0.3 is 14.0 Å². The predicted molar refractivity (Wildman–Crippen MR) is 98.0 cm³/mol. The van der Waals surface area contributed by atoms with Crippen LogP contribution >= 0.6 is 12.2 Å². The van der Waals surface area contributed by atoms with Crippen LogP contribution in [0.3, 0.4) is 0 Å². The number of ether oxygens (including phenoxy) is 2. The molecule has 1 N–H and O–H groups in total. The standard InChI is InChI=1S/C17H19N5O3S/c1-12-16(25-11-13-3-5-14(24-2)6-4-13)15(23)7-8-21(12)9-10-22-17(26)18-19-20-22/h3-8H,9-11H2,1-2H3,(H,18,20,26). The fourth-order valence-electron chi connectivity index (χ4n) is 2.52. The fourth-order valence-corrected chi connectivity index (χ4v) is 2.69. The lowest BCUT2D eigenvalue weighted by atomic mass is 10.2. The van der Waals surface area contributed by atoms with Crippen molar-refractivity contribution in [2.75, 3.05) is 7.11 Å². The number of hydrogen-bond acceptors (Lipinski definition) is 6. The first-order valence-electron chi connectivity index (χ1n) is 8.02. The third-order valence-electron chi connectivity index (χ3n) is 4.03. The van der Waals surface area contributed by atoms with Gasteiger partial charge in [0.05, 0.1) is 19.3 Å². The number of aryl methyl sites for hydroxylation is 2. The highest BCUT2D eigenvalue weighted by Crippen LogP contribution is 2.16. The minimum Gasteiger partial charge on any atom is -0.497 e. The van der Waals surface area contributed by atoms with E-state index in [2.05, 4.69) is 15.5 Å². The molecular weight excluding hydrogens is 354 g/mol. The average molecular weight is 373 g/mol. The first-order chi connectivity index (χ1) is 12.6. The van der Waals surface area contributed by atoms with Crippen molar-refractivity contribution in [2.24, 2.45) is 0 Å². The Morgan fingerprint density at radius 1 is 1.19 bits per heavy atom. The number of pyridine rings is 1. The number of tetrazole rings is 1. The van der Waals surface area contributed by atoms with Crippen LogP contribution in [0.1, 0.15) is 11.3 Å². The van der Waals surface area contributed by atoms with Crippen LogP contribution in [0, 0.1) is 11.7 Å². The third-order valence-corrected chi connectivity index (χ3v) is 4.33. The molecule has 0 atom stereocenters. The topological polar surface area (TPSA) is 87.0 Å². The van der Waals surface area contributed by atoms with Crippen molar-refractivity contribution in [2.45, 2.75) is 26.6 Å². The van der Waals surface area contributed by atoms with Gasteiger partial charge in [-0.15, -0.1) is 0 Å². The van der Waals surface area contributed by atoms with Gasteiger partial charge in [-0.25, -0.2) is 4.68 Å². The fraction of sp³-hybridized carbons (Fsp3) is 0.294. The Hall–Kier alpha value is -2.94. The van der Waals surface area contributed by atoms with E-state index in [-0.39, 0.29) is 5.43 Å². The highest BCUT2D eigenvalue weighted by atomic mass is 32.1. The van der Waals surface area contributed by atoms with E-state index in [1.54, 1.807) is 18.0 Å². The number of hydrogen-bond donors (Lipinski definition) is 1. The normalized spacial score (nSPS) is 10.7. The number of H-pyrrole nitrogens is 1. The molecule has 0 spiro atoms. The Kier molecular flexibility index (Phi) is 5.47. The second-order valence-electron chi connectivity index (χ2n) is 5.66. The highest BCUT2D eigenvalue weighted by Gasteiger charge is 2.09. The summed E-state index contributed by atoms with van der Waals surface area (Å²) in [5.41, 5.74) is 1.56. The maximum absolute atomic E-state index is 12.2. The Morgan fingerprint density at radius 2 is 1.96 bits per heavy atom. The van der Waals surface area contributed by atoms with Crippen LogP contribution in [0.25, 0.3) is 0 Å². The first-order valence-corrected chi connectivity index (χ1v) is 8.43. The summed E-state index contributed by atoms with van der Waals surface area (Å²) < 4.78 is 14.9. The summed E-state index contributed by atoms with van der Waals surface area (Å²) in [6.45, 7) is 3.32. The SMILES string of the molecule is COc1ccc(COc2c(C)n(CCn3[nH]nnc3=S)ccc2=O)cc1. The molecule has 0 aliphatic rings. The lowest BCUT2D eigenvalue weighted by Crippen LogP contribution is -2.17. The van der Waals surface area contributed by atoms with Crippen LogP contribution in [0.15, 0.2) is 41.3 Å². The molecule has 26 heavy (non-hydrogen) atoms. The van der Waals surface area contributed by atoms with E-state index >= 15 is 0 Å². The lowest BCUT2D eigenvalue weighted by Gasteiger charge is -2.15. The van der Waals surface area contributed by atoms with Crippen LogP contribution in [-0.2, 0) is 19.7 Å². The zero-order chi connectivity index (χ0) is 18.5. The number of benzene rings is 1. The zero-order valence-electron chi connectivity index (χ0n) is 14.5. The van der Waals surface area contributed by atoms with Crippen molar-refractivity contribution in [3.8, 4) is 11.5 Å². The molecule has 2 aromatic heterocycles. The Balaban J connectivity index is 1.73.